The molecular formula is C18H23N3O. The van der Waals surface area contributed by atoms with Crippen molar-refractivity contribution in [3.63, 3.8) is 0 Å². The van der Waals surface area contributed by atoms with E-state index in [2.05, 4.69) is 52.7 Å². The van der Waals surface area contributed by atoms with E-state index in [1.807, 2.05) is 12.3 Å². The smallest absolute Gasteiger partial charge is 0.171 e. The second-order valence-electron chi connectivity index (χ2n) is 5.92. The molecule has 4 heteroatoms. The number of nitrogens with zero attached hydrogens (tertiary/aromatic N) is 3. The third kappa shape index (κ3) is 3.46. The normalized spacial score (nSPS) is 16.8. The Labute approximate surface area is 132 Å². The van der Waals surface area contributed by atoms with Gasteiger partial charge < -0.3 is 4.52 Å². The van der Waals surface area contributed by atoms with Crippen LogP contribution in [0.3, 0.4) is 0 Å². The third-order valence-corrected chi connectivity index (χ3v) is 4.17. The zero-order valence-corrected chi connectivity index (χ0v) is 13.2. The number of hydrogen-bond acceptors (Lipinski definition) is 4. The fourth-order valence-electron chi connectivity index (χ4n) is 2.95. The predicted molar refractivity (Wildman–Crippen MR) is 88.6 cm³/mol. The van der Waals surface area contributed by atoms with Crippen LogP contribution >= 0.6 is 0 Å². The van der Waals surface area contributed by atoms with E-state index in [9.17, 15) is 0 Å². The molecule has 0 radical (unpaired) electrons. The zero-order chi connectivity index (χ0) is 15.4. The number of piperazine rings is 1. The van der Waals surface area contributed by atoms with Crippen molar-refractivity contribution in [2.24, 2.45) is 0 Å². The lowest BCUT2D eigenvalue weighted by Crippen LogP contribution is -2.45. The minimum Gasteiger partial charge on any atom is -0.356 e. The van der Waals surface area contributed by atoms with Gasteiger partial charge in [-0.2, -0.15) is 0 Å². The summed E-state index contributed by atoms with van der Waals surface area (Å²) in [6, 6.07) is 8.38. The number of rotatable bonds is 5. The van der Waals surface area contributed by atoms with E-state index in [1.165, 1.54) is 11.1 Å². The molecular weight excluding hydrogens is 274 g/mol. The fourth-order valence-corrected chi connectivity index (χ4v) is 2.95. The van der Waals surface area contributed by atoms with Gasteiger partial charge in [-0.25, -0.2) is 0 Å². The lowest BCUT2D eigenvalue weighted by Gasteiger charge is -2.33. The number of aryl methyl sites for hydroxylation is 1. The van der Waals surface area contributed by atoms with Gasteiger partial charge in [0.05, 0.1) is 6.20 Å². The van der Waals surface area contributed by atoms with Crippen molar-refractivity contribution in [1.29, 1.82) is 0 Å². The molecule has 22 heavy (non-hydrogen) atoms. The molecule has 1 fully saturated rings. The number of aromatic nitrogens is 1. The second kappa shape index (κ2) is 6.90. The lowest BCUT2D eigenvalue weighted by atomic mass is 10.1. The third-order valence-electron chi connectivity index (χ3n) is 4.17. The molecule has 1 aliphatic rings. The Morgan fingerprint density at radius 3 is 2.73 bits per heavy atom. The molecule has 0 unspecified atom stereocenters. The lowest BCUT2D eigenvalue weighted by molar-refractivity contribution is 0.137. The Hall–Kier alpha value is -1.91. The van der Waals surface area contributed by atoms with Crippen LogP contribution in [0.25, 0.3) is 11.3 Å². The predicted octanol–water partition coefficient (Wildman–Crippen LogP) is 2.95. The van der Waals surface area contributed by atoms with Crippen LogP contribution in [-0.2, 0) is 6.54 Å². The van der Waals surface area contributed by atoms with Crippen molar-refractivity contribution < 1.29 is 4.52 Å². The molecule has 2 heterocycles. The van der Waals surface area contributed by atoms with Gasteiger partial charge in [0.15, 0.2) is 5.76 Å². The van der Waals surface area contributed by atoms with E-state index < -0.39 is 0 Å². The Morgan fingerprint density at radius 1 is 1.23 bits per heavy atom. The maximum atomic E-state index is 5.51. The van der Waals surface area contributed by atoms with Gasteiger partial charge in [0, 0.05) is 50.4 Å². The van der Waals surface area contributed by atoms with E-state index in [-0.39, 0.29) is 0 Å². The van der Waals surface area contributed by atoms with E-state index in [4.69, 9.17) is 4.52 Å². The summed E-state index contributed by atoms with van der Waals surface area (Å²) in [5.41, 5.74) is 3.51. The summed E-state index contributed by atoms with van der Waals surface area (Å²) >= 11 is 0. The summed E-state index contributed by atoms with van der Waals surface area (Å²) in [5, 5.41) is 4.01. The van der Waals surface area contributed by atoms with Crippen molar-refractivity contribution in [2.75, 3.05) is 32.7 Å². The van der Waals surface area contributed by atoms with Crippen molar-refractivity contribution in [2.45, 2.75) is 13.5 Å². The second-order valence-corrected chi connectivity index (χ2v) is 5.92. The SMILES string of the molecule is C=CCN1CCN(Cc2cnoc2-c2cccc(C)c2)CC1. The Kier molecular flexibility index (Phi) is 4.71. The summed E-state index contributed by atoms with van der Waals surface area (Å²) in [7, 11) is 0. The van der Waals surface area contributed by atoms with E-state index >= 15 is 0 Å². The monoisotopic (exact) mass is 297 g/mol. The first-order chi connectivity index (χ1) is 10.8. The van der Waals surface area contributed by atoms with E-state index in [0.29, 0.717) is 0 Å². The fraction of sp³-hybridized carbons (Fsp3) is 0.389. The standard InChI is InChI=1S/C18H23N3O/c1-3-7-20-8-10-21(11-9-20)14-17-13-19-22-18(17)16-6-4-5-15(2)12-16/h3-6,12-13H,1,7-11,14H2,2H3. The first-order valence-electron chi connectivity index (χ1n) is 7.82. The molecule has 0 bridgehead atoms. The summed E-state index contributed by atoms with van der Waals surface area (Å²) in [5.74, 6) is 0.900. The molecule has 0 amide bonds. The highest BCUT2D eigenvalue weighted by atomic mass is 16.5. The van der Waals surface area contributed by atoms with Crippen LogP contribution in [-0.4, -0.2) is 47.7 Å². The Bertz CT molecular complexity index is 627. The van der Waals surface area contributed by atoms with Gasteiger partial charge in [-0.05, 0) is 13.0 Å². The molecule has 0 atom stereocenters. The van der Waals surface area contributed by atoms with Crippen molar-refractivity contribution in [3.8, 4) is 11.3 Å². The van der Waals surface area contributed by atoms with Gasteiger partial charge >= 0.3 is 0 Å². The average Bonchev–Trinajstić information content (AvgIpc) is 2.98. The molecule has 2 aromatic rings. The zero-order valence-electron chi connectivity index (χ0n) is 13.2. The summed E-state index contributed by atoms with van der Waals surface area (Å²) in [6.45, 7) is 12.1. The first-order valence-corrected chi connectivity index (χ1v) is 7.82. The minimum absolute atomic E-state index is 0.898. The molecule has 4 nitrogen and oxygen atoms in total. The highest BCUT2D eigenvalue weighted by molar-refractivity contribution is 5.61. The molecule has 0 N–H and O–H groups in total. The topological polar surface area (TPSA) is 32.5 Å². The molecule has 0 spiro atoms. The van der Waals surface area contributed by atoms with Crippen LogP contribution in [0.4, 0.5) is 0 Å². The van der Waals surface area contributed by atoms with E-state index in [0.717, 1.165) is 50.6 Å². The maximum absolute atomic E-state index is 5.51. The van der Waals surface area contributed by atoms with Crippen molar-refractivity contribution >= 4 is 0 Å². The highest BCUT2D eigenvalue weighted by Gasteiger charge is 2.19. The summed E-state index contributed by atoms with van der Waals surface area (Å²) in [6.07, 6.45) is 3.83. The molecule has 1 saturated heterocycles. The van der Waals surface area contributed by atoms with Crippen LogP contribution in [0.2, 0.25) is 0 Å². The maximum Gasteiger partial charge on any atom is 0.171 e. The van der Waals surface area contributed by atoms with Crippen LogP contribution in [0, 0.1) is 6.92 Å². The largest absolute Gasteiger partial charge is 0.356 e. The van der Waals surface area contributed by atoms with Crippen molar-refractivity contribution in [1.82, 2.24) is 15.0 Å². The Balaban J connectivity index is 1.67. The Morgan fingerprint density at radius 2 is 2.00 bits per heavy atom. The van der Waals surface area contributed by atoms with Crippen LogP contribution in [0.1, 0.15) is 11.1 Å². The van der Waals surface area contributed by atoms with Crippen LogP contribution in [0.5, 0.6) is 0 Å². The van der Waals surface area contributed by atoms with Gasteiger partial charge in [0.1, 0.15) is 0 Å². The van der Waals surface area contributed by atoms with Crippen molar-refractivity contribution in [3.05, 3.63) is 54.2 Å². The van der Waals surface area contributed by atoms with E-state index in [1.54, 1.807) is 0 Å². The first kappa shape index (κ1) is 15.0. The average molecular weight is 297 g/mol. The number of hydrogen-bond donors (Lipinski definition) is 0. The van der Waals surface area contributed by atoms with Gasteiger partial charge in [-0.15, -0.1) is 6.58 Å². The summed E-state index contributed by atoms with van der Waals surface area (Å²) in [4.78, 5) is 4.89. The molecule has 1 aromatic heterocycles. The van der Waals surface area contributed by atoms with Crippen LogP contribution in [0.15, 0.2) is 47.6 Å². The minimum atomic E-state index is 0.898. The van der Waals surface area contributed by atoms with Gasteiger partial charge in [0.2, 0.25) is 0 Å². The van der Waals surface area contributed by atoms with Gasteiger partial charge in [-0.3, -0.25) is 9.80 Å². The quantitative estimate of drug-likeness (QED) is 0.794. The molecule has 3 rings (SSSR count). The molecule has 1 aliphatic heterocycles. The summed E-state index contributed by atoms with van der Waals surface area (Å²) < 4.78 is 5.51. The molecule has 116 valence electrons. The van der Waals surface area contributed by atoms with Crippen LogP contribution < -0.4 is 0 Å². The van der Waals surface area contributed by atoms with Gasteiger partial charge in [0.25, 0.3) is 0 Å². The molecule has 0 aliphatic carbocycles. The molecule has 1 aromatic carbocycles. The number of benzene rings is 1. The van der Waals surface area contributed by atoms with Gasteiger partial charge in [-0.1, -0.05) is 35.0 Å². The highest BCUT2D eigenvalue weighted by Crippen LogP contribution is 2.25. The molecule has 0 saturated carbocycles.